The van der Waals surface area contributed by atoms with Gasteiger partial charge in [0.2, 0.25) is 0 Å². The number of aromatic nitrogens is 2. The fraction of sp³-hybridized carbons (Fsp3) is 0.706. The number of rotatable bonds is 8. The number of nitrogens with zero attached hydrogens (tertiary/aromatic N) is 5. The third-order valence-corrected chi connectivity index (χ3v) is 6.92. The third kappa shape index (κ3) is 5.29. The Kier molecular flexibility index (Phi) is 7.88. The molecule has 0 bridgehead atoms. The van der Waals surface area contributed by atoms with E-state index in [2.05, 4.69) is 15.0 Å². The third-order valence-electron chi connectivity index (χ3n) is 5.08. The molecular weight excluding hydrogens is 447 g/mol. The number of hydrogen-bond acceptors (Lipinski definition) is 9. The van der Waals surface area contributed by atoms with Crippen molar-refractivity contribution < 1.29 is 27.9 Å². The average molecular weight is 472 g/mol. The zero-order chi connectivity index (χ0) is 23.3. The Morgan fingerprint density at radius 1 is 1.38 bits per heavy atom. The molecule has 1 unspecified atom stereocenters. The summed E-state index contributed by atoms with van der Waals surface area (Å²) in [4.78, 5) is 42.9. The molecule has 1 aromatic heterocycles. The van der Waals surface area contributed by atoms with Gasteiger partial charge in [0.15, 0.2) is 0 Å². The molecule has 1 aromatic rings. The number of azide groups is 1. The number of aryl methyl sites for hydroxylation is 1. The molecule has 1 N–H and O–H groups in total. The lowest BCUT2D eigenvalue weighted by Gasteiger charge is -2.30. The summed E-state index contributed by atoms with van der Waals surface area (Å²) in [5.41, 5.74) is 7.22. The number of hydrogen-bond donors (Lipinski definition) is 1. The molecule has 1 amide bonds. The minimum Gasteiger partial charge on any atom is -0.378 e. The van der Waals surface area contributed by atoms with Gasteiger partial charge in [0.25, 0.3) is 5.56 Å². The highest BCUT2D eigenvalue weighted by Gasteiger charge is 2.43. The fourth-order valence-corrected chi connectivity index (χ4v) is 4.97. The first kappa shape index (κ1) is 24.2. The van der Waals surface area contributed by atoms with Crippen molar-refractivity contribution in [1.29, 1.82) is 0 Å². The van der Waals surface area contributed by atoms with Crippen molar-refractivity contribution in [3.63, 3.8) is 0 Å². The normalized spacial score (nSPS) is 25.2. The largest absolute Gasteiger partial charge is 0.418 e. The summed E-state index contributed by atoms with van der Waals surface area (Å²) in [6, 6.07) is -0.766. The first-order valence-corrected chi connectivity index (χ1v) is 11.6. The van der Waals surface area contributed by atoms with E-state index < -0.39 is 42.9 Å². The lowest BCUT2D eigenvalue weighted by Crippen LogP contribution is -2.40. The van der Waals surface area contributed by atoms with Gasteiger partial charge in [0, 0.05) is 36.2 Å². The molecule has 15 heteroatoms. The van der Waals surface area contributed by atoms with E-state index >= 15 is 0 Å². The maximum atomic E-state index is 13.2. The number of amides is 1. The van der Waals surface area contributed by atoms with Crippen LogP contribution in [0.3, 0.4) is 0 Å². The minimum absolute atomic E-state index is 0.0205. The molecule has 176 valence electrons. The molecule has 4 atom stereocenters. The van der Waals surface area contributed by atoms with Gasteiger partial charge >= 0.3 is 18.9 Å². The highest BCUT2D eigenvalue weighted by molar-refractivity contribution is 7.71. The number of carbonyl (C=O) groups excluding carboxylic acids is 1. The van der Waals surface area contributed by atoms with E-state index in [-0.39, 0.29) is 32.7 Å². The van der Waals surface area contributed by atoms with Crippen molar-refractivity contribution >= 4 is 13.2 Å². The second-order valence-corrected chi connectivity index (χ2v) is 9.10. The Hall–Kier alpha value is -2.47. The van der Waals surface area contributed by atoms with Gasteiger partial charge < -0.3 is 18.9 Å². The van der Waals surface area contributed by atoms with Crippen LogP contribution in [0, 0.1) is 6.92 Å². The summed E-state index contributed by atoms with van der Waals surface area (Å²) in [7, 11) is -4.19. The summed E-state index contributed by atoms with van der Waals surface area (Å²) in [6.45, 7) is 3.88. The Bertz CT molecular complexity index is 1040. The second-order valence-electron chi connectivity index (χ2n) is 7.21. The van der Waals surface area contributed by atoms with E-state index in [4.69, 9.17) is 24.1 Å². The lowest BCUT2D eigenvalue weighted by atomic mass is 10.1. The fourth-order valence-electron chi connectivity index (χ4n) is 3.44. The number of morpholine rings is 1. The lowest BCUT2D eigenvalue weighted by molar-refractivity contribution is -0.0247. The van der Waals surface area contributed by atoms with Crippen LogP contribution in [-0.4, -0.2) is 71.8 Å². The molecule has 2 saturated heterocycles. The van der Waals surface area contributed by atoms with Crippen molar-refractivity contribution in [2.75, 3.05) is 39.5 Å². The highest BCUT2D eigenvalue weighted by Crippen LogP contribution is 2.51. The first-order valence-electron chi connectivity index (χ1n) is 10.1. The van der Waals surface area contributed by atoms with Crippen molar-refractivity contribution in [2.24, 2.45) is 5.11 Å². The Labute approximate surface area is 182 Å². The summed E-state index contributed by atoms with van der Waals surface area (Å²) >= 11 is 0. The topological polar surface area (TPSA) is 178 Å². The van der Waals surface area contributed by atoms with Crippen LogP contribution in [0.2, 0.25) is 0 Å². The Morgan fingerprint density at radius 2 is 2.09 bits per heavy atom. The molecule has 3 heterocycles. The van der Waals surface area contributed by atoms with Crippen LogP contribution in [0.4, 0.5) is 4.79 Å². The average Bonchev–Trinajstić information content (AvgIpc) is 3.18. The van der Waals surface area contributed by atoms with E-state index in [1.165, 1.54) is 22.6 Å². The molecule has 0 radical (unpaired) electrons. The highest BCUT2D eigenvalue weighted by atomic mass is 31.2. The van der Waals surface area contributed by atoms with Crippen LogP contribution >= 0.6 is 7.60 Å². The number of nitrogens with one attached hydrogen (secondary N) is 1. The van der Waals surface area contributed by atoms with Crippen molar-refractivity contribution in [3.05, 3.63) is 43.0 Å². The quantitative estimate of drug-likeness (QED) is 0.256. The molecule has 2 aliphatic rings. The van der Waals surface area contributed by atoms with Gasteiger partial charge in [0.05, 0.1) is 38.6 Å². The van der Waals surface area contributed by atoms with Gasteiger partial charge in [-0.1, -0.05) is 5.11 Å². The molecule has 2 aliphatic heterocycles. The van der Waals surface area contributed by atoms with Crippen LogP contribution in [0.25, 0.3) is 10.4 Å². The molecule has 3 rings (SSSR count). The smallest absolute Gasteiger partial charge is 0.378 e. The van der Waals surface area contributed by atoms with E-state index in [1.807, 2.05) is 0 Å². The molecule has 0 saturated carbocycles. The Morgan fingerprint density at radius 3 is 2.75 bits per heavy atom. The van der Waals surface area contributed by atoms with Gasteiger partial charge in [-0.2, -0.15) is 0 Å². The number of H-pyrrole nitrogens is 1. The van der Waals surface area contributed by atoms with Crippen LogP contribution in [0.5, 0.6) is 0 Å². The van der Waals surface area contributed by atoms with Crippen LogP contribution in [-0.2, 0) is 23.1 Å². The monoisotopic (exact) mass is 472 g/mol. The Balaban J connectivity index is 1.76. The zero-order valence-corrected chi connectivity index (χ0v) is 18.6. The summed E-state index contributed by atoms with van der Waals surface area (Å²) in [6.07, 6.45) is -0.306. The zero-order valence-electron chi connectivity index (χ0n) is 17.7. The van der Waals surface area contributed by atoms with Gasteiger partial charge in [-0.3, -0.25) is 23.7 Å². The maximum Gasteiger partial charge on any atom is 0.418 e. The second kappa shape index (κ2) is 10.4. The SMILES string of the molecule is CCOP(=O)(OC[C@H]1O[C@@H](n2cc(C)c(=O)[nH]c2=O)C[C@@H]1N=[N+]=[N-])C(=O)N1CCOCC1. The predicted molar refractivity (Wildman–Crippen MR) is 110 cm³/mol. The van der Waals surface area contributed by atoms with E-state index in [0.717, 1.165) is 0 Å². The standard InChI is InChI=1S/C17H25N6O8P/c1-3-29-32(27,17(26)22-4-6-28-7-5-22)30-10-13-12(20-21-18)8-14(31-13)23-9-11(2)15(24)19-16(23)25/h9,12-14H,3-8,10H2,1-2H3,(H,19,24,25)/t12-,13+,14+,32?/m0/s1. The van der Waals surface area contributed by atoms with Crippen LogP contribution in [0.1, 0.15) is 25.1 Å². The molecule has 2 fully saturated rings. The number of ether oxygens (including phenoxy) is 2. The van der Waals surface area contributed by atoms with Crippen molar-refractivity contribution in [2.45, 2.75) is 38.6 Å². The van der Waals surface area contributed by atoms with E-state index in [9.17, 15) is 18.9 Å². The molecule has 0 aromatic carbocycles. The summed E-state index contributed by atoms with van der Waals surface area (Å²) in [5, 5.41) is 3.68. The van der Waals surface area contributed by atoms with Crippen molar-refractivity contribution in [1.82, 2.24) is 14.5 Å². The number of carbonyl (C=O) groups is 1. The van der Waals surface area contributed by atoms with Gasteiger partial charge in [0.1, 0.15) is 6.23 Å². The predicted octanol–water partition coefficient (Wildman–Crippen LogP) is 1.51. The van der Waals surface area contributed by atoms with Crippen LogP contribution in [0.15, 0.2) is 20.9 Å². The molecular formula is C17H25N6O8P. The van der Waals surface area contributed by atoms with Crippen molar-refractivity contribution in [3.8, 4) is 0 Å². The van der Waals surface area contributed by atoms with Crippen LogP contribution < -0.4 is 11.2 Å². The van der Waals surface area contributed by atoms with Gasteiger partial charge in [-0.25, -0.2) is 9.36 Å². The van der Waals surface area contributed by atoms with E-state index in [0.29, 0.717) is 18.8 Å². The minimum atomic E-state index is -4.19. The van der Waals surface area contributed by atoms with Gasteiger partial charge in [-0.15, -0.1) is 0 Å². The molecule has 32 heavy (non-hydrogen) atoms. The molecule has 0 spiro atoms. The van der Waals surface area contributed by atoms with E-state index in [1.54, 1.807) is 6.92 Å². The molecule has 14 nitrogen and oxygen atoms in total. The maximum absolute atomic E-state index is 13.2. The number of aromatic amines is 1. The molecule has 0 aliphatic carbocycles. The first-order chi connectivity index (χ1) is 15.3. The summed E-state index contributed by atoms with van der Waals surface area (Å²) < 4.78 is 36.0. The summed E-state index contributed by atoms with van der Waals surface area (Å²) in [5.74, 6) is 0. The van der Waals surface area contributed by atoms with Gasteiger partial charge in [-0.05, 0) is 19.4 Å².